The van der Waals surface area contributed by atoms with Crippen LogP contribution in [0.25, 0.3) is 0 Å². The molecule has 0 radical (unpaired) electrons. The van der Waals surface area contributed by atoms with Gasteiger partial charge in [0.15, 0.2) is 11.6 Å². The highest BCUT2D eigenvalue weighted by molar-refractivity contribution is 5.73. The Morgan fingerprint density at radius 1 is 1.09 bits per heavy atom. The van der Waals surface area contributed by atoms with E-state index in [1.807, 2.05) is 4.90 Å². The molecule has 2 aromatic carbocycles. The second-order valence-corrected chi connectivity index (χ2v) is 5.48. The van der Waals surface area contributed by atoms with Crippen LogP contribution in [0.4, 0.5) is 24.5 Å². The van der Waals surface area contributed by atoms with Crippen LogP contribution in [0.1, 0.15) is 18.9 Å². The van der Waals surface area contributed by atoms with E-state index < -0.39 is 11.6 Å². The molecule has 1 N–H and O–H groups in total. The number of nitrogens with zero attached hydrogens (tertiary/aromatic N) is 1. The minimum Gasteiger partial charge on any atom is -0.381 e. The Hall–Kier alpha value is -2.17. The maximum absolute atomic E-state index is 13.6. The molecule has 3 rings (SSSR count). The molecule has 0 aliphatic carbocycles. The minimum absolute atomic E-state index is 0.169. The predicted molar refractivity (Wildman–Crippen MR) is 81.5 cm³/mol. The van der Waals surface area contributed by atoms with Crippen molar-refractivity contribution in [1.82, 2.24) is 0 Å². The number of hydrogen-bond donors (Lipinski definition) is 1. The third kappa shape index (κ3) is 2.75. The van der Waals surface area contributed by atoms with Gasteiger partial charge in [-0.05, 0) is 24.1 Å². The van der Waals surface area contributed by atoms with Crippen LogP contribution in [0, 0.1) is 17.5 Å². The Bertz CT molecular complexity index is 670. The van der Waals surface area contributed by atoms with Crippen molar-refractivity contribution in [2.45, 2.75) is 25.9 Å². The lowest BCUT2D eigenvalue weighted by Crippen LogP contribution is -2.43. The van der Waals surface area contributed by atoms with Crippen molar-refractivity contribution in [3.8, 4) is 0 Å². The molecule has 22 heavy (non-hydrogen) atoms. The van der Waals surface area contributed by atoms with Crippen molar-refractivity contribution in [2.24, 2.45) is 0 Å². The highest BCUT2D eigenvalue weighted by Crippen LogP contribution is 2.35. The Morgan fingerprint density at radius 3 is 2.45 bits per heavy atom. The molecule has 0 spiro atoms. The summed E-state index contributed by atoms with van der Waals surface area (Å²) in [6.45, 7) is 3.24. The van der Waals surface area contributed by atoms with Gasteiger partial charge in [-0.1, -0.05) is 19.1 Å². The molecule has 0 saturated heterocycles. The van der Waals surface area contributed by atoms with Gasteiger partial charge in [-0.15, -0.1) is 0 Å². The summed E-state index contributed by atoms with van der Waals surface area (Å²) in [7, 11) is 0. The van der Waals surface area contributed by atoms with Gasteiger partial charge in [-0.2, -0.15) is 0 Å². The molecule has 1 atom stereocenters. The lowest BCUT2D eigenvalue weighted by Gasteiger charge is -2.39. The summed E-state index contributed by atoms with van der Waals surface area (Å²) in [5, 5.41) is 3.15. The van der Waals surface area contributed by atoms with Gasteiger partial charge in [0.05, 0.1) is 11.4 Å². The molecule has 1 aliphatic heterocycles. The van der Waals surface area contributed by atoms with Crippen molar-refractivity contribution in [1.29, 1.82) is 0 Å². The Kier molecular flexibility index (Phi) is 3.96. The van der Waals surface area contributed by atoms with Crippen LogP contribution in [-0.2, 0) is 6.54 Å². The van der Waals surface area contributed by atoms with Gasteiger partial charge in [-0.3, -0.25) is 0 Å². The van der Waals surface area contributed by atoms with E-state index in [9.17, 15) is 13.2 Å². The maximum atomic E-state index is 13.6. The Labute approximate surface area is 127 Å². The van der Waals surface area contributed by atoms with Gasteiger partial charge in [0.25, 0.3) is 0 Å². The summed E-state index contributed by atoms with van der Waals surface area (Å²) in [6.07, 6.45) is 0.868. The molecular formula is C17H17F3N2. The molecule has 1 aliphatic rings. The summed E-state index contributed by atoms with van der Waals surface area (Å²) in [6, 6.07) is 8.82. The molecule has 0 amide bonds. The monoisotopic (exact) mass is 306 g/mol. The smallest absolute Gasteiger partial charge is 0.161 e. The fraction of sp³-hybridized carbons (Fsp3) is 0.294. The third-order valence-electron chi connectivity index (χ3n) is 4.05. The first-order valence-corrected chi connectivity index (χ1v) is 7.32. The summed E-state index contributed by atoms with van der Waals surface area (Å²) in [5.41, 5.74) is 2.16. The number of fused-ring (bicyclic) bond motifs is 1. The van der Waals surface area contributed by atoms with Gasteiger partial charge in [0.1, 0.15) is 5.82 Å². The van der Waals surface area contributed by atoms with Crippen LogP contribution >= 0.6 is 0 Å². The van der Waals surface area contributed by atoms with Crippen molar-refractivity contribution in [3.05, 3.63) is 59.4 Å². The molecular weight excluding hydrogens is 289 g/mol. The van der Waals surface area contributed by atoms with Crippen LogP contribution in [0.15, 0.2) is 36.4 Å². The van der Waals surface area contributed by atoms with E-state index in [-0.39, 0.29) is 11.9 Å². The summed E-state index contributed by atoms with van der Waals surface area (Å²) in [4.78, 5) is 2.04. The van der Waals surface area contributed by atoms with E-state index in [4.69, 9.17) is 0 Å². The molecule has 116 valence electrons. The quantitative estimate of drug-likeness (QED) is 0.909. The van der Waals surface area contributed by atoms with Crippen LogP contribution in [0.2, 0.25) is 0 Å². The van der Waals surface area contributed by atoms with E-state index in [2.05, 4.69) is 12.2 Å². The number of rotatable bonds is 3. The Balaban J connectivity index is 1.97. The van der Waals surface area contributed by atoms with Crippen molar-refractivity contribution >= 4 is 11.4 Å². The first-order valence-electron chi connectivity index (χ1n) is 7.32. The van der Waals surface area contributed by atoms with Crippen LogP contribution in [0.3, 0.4) is 0 Å². The van der Waals surface area contributed by atoms with Crippen LogP contribution < -0.4 is 10.2 Å². The summed E-state index contributed by atoms with van der Waals surface area (Å²) < 4.78 is 40.1. The third-order valence-corrected chi connectivity index (χ3v) is 4.05. The number of hydrogen-bond acceptors (Lipinski definition) is 2. The van der Waals surface area contributed by atoms with Gasteiger partial charge in [0, 0.05) is 31.3 Å². The SMILES string of the molecule is CCC1CNc2cc(F)c(F)cc2N1Cc1ccc(F)cc1. The molecule has 1 heterocycles. The molecule has 2 aromatic rings. The van der Waals surface area contributed by atoms with Gasteiger partial charge < -0.3 is 10.2 Å². The summed E-state index contributed by atoms with van der Waals surface area (Å²) in [5.74, 6) is -2.01. The number of halogens is 3. The normalized spacial score (nSPS) is 17.1. The van der Waals surface area contributed by atoms with E-state index in [1.54, 1.807) is 12.1 Å². The zero-order valence-corrected chi connectivity index (χ0v) is 12.2. The molecule has 2 nitrogen and oxygen atoms in total. The van der Waals surface area contributed by atoms with Crippen LogP contribution in [-0.4, -0.2) is 12.6 Å². The van der Waals surface area contributed by atoms with Crippen molar-refractivity contribution in [2.75, 3.05) is 16.8 Å². The fourth-order valence-corrected chi connectivity index (χ4v) is 2.82. The number of benzene rings is 2. The highest BCUT2D eigenvalue weighted by atomic mass is 19.2. The standard InChI is InChI=1S/C17H17F3N2/c1-2-13-9-21-16-7-14(19)15(20)8-17(16)22(13)10-11-3-5-12(18)6-4-11/h3-8,13,21H,2,9-10H2,1H3. The van der Waals surface area contributed by atoms with E-state index in [1.165, 1.54) is 24.3 Å². The Morgan fingerprint density at radius 2 is 1.77 bits per heavy atom. The second kappa shape index (κ2) is 5.91. The largest absolute Gasteiger partial charge is 0.381 e. The first kappa shape index (κ1) is 14.8. The van der Waals surface area contributed by atoms with Crippen molar-refractivity contribution < 1.29 is 13.2 Å². The van der Waals surface area contributed by atoms with Gasteiger partial charge in [-0.25, -0.2) is 13.2 Å². The summed E-state index contributed by atoms with van der Waals surface area (Å²) >= 11 is 0. The minimum atomic E-state index is -0.860. The number of nitrogens with one attached hydrogen (secondary N) is 1. The average Bonchev–Trinajstić information content (AvgIpc) is 2.51. The first-order chi connectivity index (χ1) is 10.6. The molecule has 0 aromatic heterocycles. The van der Waals surface area contributed by atoms with Crippen molar-refractivity contribution in [3.63, 3.8) is 0 Å². The number of anilines is 2. The van der Waals surface area contributed by atoms with E-state index in [0.717, 1.165) is 12.0 Å². The van der Waals surface area contributed by atoms with Gasteiger partial charge in [0.2, 0.25) is 0 Å². The van der Waals surface area contributed by atoms with Crippen LogP contribution in [0.5, 0.6) is 0 Å². The predicted octanol–water partition coefficient (Wildman–Crippen LogP) is 4.31. The lowest BCUT2D eigenvalue weighted by molar-refractivity contribution is 0.504. The van der Waals surface area contributed by atoms with Gasteiger partial charge >= 0.3 is 0 Å². The van der Waals surface area contributed by atoms with E-state index in [0.29, 0.717) is 24.5 Å². The zero-order chi connectivity index (χ0) is 15.7. The highest BCUT2D eigenvalue weighted by Gasteiger charge is 2.26. The molecule has 0 fully saturated rings. The topological polar surface area (TPSA) is 15.3 Å². The molecule has 5 heteroatoms. The van der Waals surface area contributed by atoms with E-state index >= 15 is 0 Å². The molecule has 1 unspecified atom stereocenters. The maximum Gasteiger partial charge on any atom is 0.161 e. The molecule has 0 saturated carbocycles. The second-order valence-electron chi connectivity index (χ2n) is 5.48. The fourth-order valence-electron chi connectivity index (χ4n) is 2.82. The average molecular weight is 306 g/mol. The lowest BCUT2D eigenvalue weighted by atomic mass is 10.0. The zero-order valence-electron chi connectivity index (χ0n) is 12.2. The molecule has 0 bridgehead atoms.